The summed E-state index contributed by atoms with van der Waals surface area (Å²) in [5.74, 6) is 0.0198. The van der Waals surface area contributed by atoms with Gasteiger partial charge in [0, 0.05) is 22.7 Å². The largest absolute Gasteiger partial charge is 0.289 e. The van der Waals surface area contributed by atoms with Crippen molar-refractivity contribution in [3.8, 4) is 0 Å². The first-order valence-electron chi connectivity index (χ1n) is 6.62. The van der Waals surface area contributed by atoms with Crippen LogP contribution in [0.3, 0.4) is 0 Å². The second kappa shape index (κ2) is 4.89. The number of rotatable bonds is 2. The highest BCUT2D eigenvalue weighted by molar-refractivity contribution is 6.10. The van der Waals surface area contributed by atoms with Gasteiger partial charge in [0.05, 0.1) is 5.52 Å². The van der Waals surface area contributed by atoms with Crippen molar-refractivity contribution in [2.45, 2.75) is 13.8 Å². The topological polar surface area (TPSA) is 30.0 Å². The van der Waals surface area contributed by atoms with E-state index in [1.165, 1.54) is 5.56 Å². The van der Waals surface area contributed by atoms with Crippen LogP contribution in [0.5, 0.6) is 0 Å². The van der Waals surface area contributed by atoms with Crippen molar-refractivity contribution in [3.05, 3.63) is 77.0 Å². The molecule has 2 aromatic carbocycles. The lowest BCUT2D eigenvalue weighted by atomic mass is 9.99. The number of nitrogens with zero attached hydrogens (tertiary/aromatic N) is 1. The minimum absolute atomic E-state index is 0.0198. The minimum Gasteiger partial charge on any atom is -0.289 e. The molecule has 0 spiro atoms. The van der Waals surface area contributed by atoms with Gasteiger partial charge in [0.2, 0.25) is 0 Å². The Bertz CT molecular complexity index is 805. The summed E-state index contributed by atoms with van der Waals surface area (Å²) >= 11 is 0. The zero-order chi connectivity index (χ0) is 14.1. The molecule has 3 aromatic rings. The van der Waals surface area contributed by atoms with Gasteiger partial charge in [0.25, 0.3) is 0 Å². The van der Waals surface area contributed by atoms with Gasteiger partial charge < -0.3 is 0 Å². The van der Waals surface area contributed by atoms with Crippen LogP contribution >= 0.6 is 0 Å². The summed E-state index contributed by atoms with van der Waals surface area (Å²) in [6.45, 7) is 4.06. The lowest BCUT2D eigenvalue weighted by Crippen LogP contribution is -2.02. The number of benzene rings is 2. The van der Waals surface area contributed by atoms with Crippen LogP contribution in [0.25, 0.3) is 10.9 Å². The third-order valence-electron chi connectivity index (χ3n) is 3.62. The molecule has 2 nitrogen and oxygen atoms in total. The zero-order valence-electron chi connectivity index (χ0n) is 11.6. The standard InChI is InChI=1S/C18H15NO/c1-12-7-8-15(9-13(12)2)18(20)16-10-14-5-3-4-6-17(14)19-11-16/h3-11H,1-2H3. The summed E-state index contributed by atoms with van der Waals surface area (Å²) in [4.78, 5) is 16.9. The molecule has 20 heavy (non-hydrogen) atoms. The van der Waals surface area contributed by atoms with E-state index >= 15 is 0 Å². The van der Waals surface area contributed by atoms with Gasteiger partial charge in [-0.05, 0) is 43.2 Å². The predicted molar refractivity (Wildman–Crippen MR) is 81.1 cm³/mol. The maximum atomic E-state index is 12.5. The van der Waals surface area contributed by atoms with Crippen molar-refractivity contribution in [2.24, 2.45) is 0 Å². The van der Waals surface area contributed by atoms with Crippen molar-refractivity contribution in [2.75, 3.05) is 0 Å². The Labute approximate surface area is 118 Å². The number of carbonyl (C=O) groups excluding carboxylic acids is 1. The van der Waals surface area contributed by atoms with E-state index in [0.717, 1.165) is 16.5 Å². The Morgan fingerprint density at radius 1 is 0.900 bits per heavy atom. The Morgan fingerprint density at radius 3 is 2.50 bits per heavy atom. The number of aromatic nitrogens is 1. The second-order valence-electron chi connectivity index (χ2n) is 5.04. The number of hydrogen-bond acceptors (Lipinski definition) is 2. The average molecular weight is 261 g/mol. The van der Waals surface area contributed by atoms with Crippen LogP contribution < -0.4 is 0 Å². The van der Waals surface area contributed by atoms with Crippen LogP contribution in [-0.4, -0.2) is 10.8 Å². The summed E-state index contributed by atoms with van der Waals surface area (Å²) < 4.78 is 0. The highest BCUT2D eigenvalue weighted by atomic mass is 16.1. The summed E-state index contributed by atoms with van der Waals surface area (Å²) in [6.07, 6.45) is 1.65. The first-order chi connectivity index (χ1) is 9.65. The summed E-state index contributed by atoms with van der Waals surface area (Å²) in [7, 11) is 0. The molecular formula is C18H15NO. The van der Waals surface area contributed by atoms with Crippen LogP contribution in [0.4, 0.5) is 0 Å². The third-order valence-corrected chi connectivity index (χ3v) is 3.62. The molecule has 0 radical (unpaired) electrons. The summed E-state index contributed by atoms with van der Waals surface area (Å²) in [6, 6.07) is 15.5. The van der Waals surface area contributed by atoms with E-state index in [1.807, 2.05) is 62.4 Å². The maximum absolute atomic E-state index is 12.5. The van der Waals surface area contributed by atoms with E-state index in [-0.39, 0.29) is 5.78 Å². The molecule has 2 heteroatoms. The first-order valence-corrected chi connectivity index (χ1v) is 6.62. The van der Waals surface area contributed by atoms with Gasteiger partial charge in [0.15, 0.2) is 5.78 Å². The smallest absolute Gasteiger partial charge is 0.194 e. The molecule has 0 unspecified atom stereocenters. The molecular weight excluding hydrogens is 246 g/mol. The molecule has 0 aliphatic carbocycles. The van der Waals surface area contributed by atoms with Gasteiger partial charge in [-0.15, -0.1) is 0 Å². The molecule has 3 rings (SSSR count). The summed E-state index contributed by atoms with van der Waals surface area (Å²) in [5.41, 5.74) is 4.57. The van der Waals surface area contributed by atoms with Gasteiger partial charge in [0.1, 0.15) is 0 Å². The number of fused-ring (bicyclic) bond motifs is 1. The van der Waals surface area contributed by atoms with Crippen LogP contribution in [0.1, 0.15) is 27.0 Å². The highest BCUT2D eigenvalue weighted by Crippen LogP contribution is 2.17. The van der Waals surface area contributed by atoms with Crippen molar-refractivity contribution in [1.29, 1.82) is 0 Å². The van der Waals surface area contributed by atoms with Crippen molar-refractivity contribution in [3.63, 3.8) is 0 Å². The van der Waals surface area contributed by atoms with Crippen LogP contribution in [0, 0.1) is 13.8 Å². The number of aryl methyl sites for hydroxylation is 2. The lowest BCUT2D eigenvalue weighted by Gasteiger charge is -2.05. The van der Waals surface area contributed by atoms with Crippen molar-refractivity contribution < 1.29 is 4.79 Å². The van der Waals surface area contributed by atoms with Gasteiger partial charge >= 0.3 is 0 Å². The average Bonchev–Trinajstić information content (AvgIpc) is 2.49. The maximum Gasteiger partial charge on any atom is 0.194 e. The number of ketones is 1. The fourth-order valence-corrected chi connectivity index (χ4v) is 2.24. The molecule has 0 saturated carbocycles. The van der Waals surface area contributed by atoms with E-state index in [2.05, 4.69) is 4.98 Å². The predicted octanol–water partition coefficient (Wildman–Crippen LogP) is 4.08. The van der Waals surface area contributed by atoms with Crippen LogP contribution in [0.15, 0.2) is 54.7 Å². The number of hydrogen-bond donors (Lipinski definition) is 0. The number of carbonyl (C=O) groups is 1. The van der Waals surface area contributed by atoms with Crippen LogP contribution in [-0.2, 0) is 0 Å². The van der Waals surface area contributed by atoms with Gasteiger partial charge in [-0.1, -0.05) is 30.3 Å². The molecule has 0 atom stereocenters. The van der Waals surface area contributed by atoms with E-state index < -0.39 is 0 Å². The van der Waals surface area contributed by atoms with Gasteiger partial charge in [-0.25, -0.2) is 0 Å². The lowest BCUT2D eigenvalue weighted by molar-refractivity contribution is 0.103. The van der Waals surface area contributed by atoms with E-state index in [9.17, 15) is 4.79 Å². The molecule has 0 saturated heterocycles. The van der Waals surface area contributed by atoms with Gasteiger partial charge in [-0.2, -0.15) is 0 Å². The SMILES string of the molecule is Cc1ccc(C(=O)c2cnc3ccccc3c2)cc1C. The molecule has 0 N–H and O–H groups in total. The van der Waals surface area contributed by atoms with Crippen molar-refractivity contribution in [1.82, 2.24) is 4.98 Å². The van der Waals surface area contributed by atoms with E-state index in [0.29, 0.717) is 11.1 Å². The Hall–Kier alpha value is -2.48. The zero-order valence-corrected chi connectivity index (χ0v) is 11.6. The van der Waals surface area contributed by atoms with Crippen LogP contribution in [0.2, 0.25) is 0 Å². The molecule has 0 aliphatic heterocycles. The fraction of sp³-hybridized carbons (Fsp3) is 0.111. The molecule has 0 fully saturated rings. The number of para-hydroxylation sites is 1. The molecule has 0 bridgehead atoms. The molecule has 98 valence electrons. The number of pyridine rings is 1. The Balaban J connectivity index is 2.05. The van der Waals surface area contributed by atoms with Crippen molar-refractivity contribution >= 4 is 16.7 Å². The quantitative estimate of drug-likeness (QED) is 0.650. The van der Waals surface area contributed by atoms with E-state index in [4.69, 9.17) is 0 Å². The fourth-order valence-electron chi connectivity index (χ4n) is 2.24. The molecule has 0 amide bonds. The summed E-state index contributed by atoms with van der Waals surface area (Å²) in [5, 5.41) is 0.988. The normalized spacial score (nSPS) is 10.7. The van der Waals surface area contributed by atoms with Gasteiger partial charge in [-0.3, -0.25) is 9.78 Å². The first kappa shape index (κ1) is 12.5. The second-order valence-corrected chi connectivity index (χ2v) is 5.04. The highest BCUT2D eigenvalue weighted by Gasteiger charge is 2.11. The Kier molecular flexibility index (Phi) is 3.07. The molecule has 0 aliphatic rings. The van der Waals surface area contributed by atoms with E-state index in [1.54, 1.807) is 6.20 Å². The minimum atomic E-state index is 0.0198. The molecule has 1 aromatic heterocycles. The molecule has 1 heterocycles. The third kappa shape index (κ3) is 2.21. The Morgan fingerprint density at radius 2 is 1.70 bits per heavy atom. The monoisotopic (exact) mass is 261 g/mol.